The number of rotatable bonds is 3. The molecule has 1 aliphatic heterocycles. The number of aromatic nitrogens is 1. The third-order valence-corrected chi connectivity index (χ3v) is 3.87. The molecule has 1 fully saturated rings. The van der Waals surface area contributed by atoms with E-state index in [1.807, 2.05) is 6.07 Å². The van der Waals surface area contributed by atoms with Crippen LogP contribution in [0.15, 0.2) is 18.3 Å². The Bertz CT molecular complexity index is 338. The summed E-state index contributed by atoms with van der Waals surface area (Å²) >= 11 is 3.67. The van der Waals surface area contributed by atoms with Crippen molar-refractivity contribution < 1.29 is 4.74 Å². The topological polar surface area (TPSA) is 25.4 Å². The predicted molar refractivity (Wildman–Crippen MR) is 68.0 cm³/mol. The number of alkyl halides is 1. The second-order valence-corrected chi connectivity index (χ2v) is 5.42. The van der Waals surface area contributed by atoms with Crippen LogP contribution in [0.25, 0.3) is 0 Å². The third-order valence-electron chi connectivity index (χ3n) is 2.95. The van der Waals surface area contributed by atoms with Gasteiger partial charge in [-0.15, -0.1) is 0 Å². The molecule has 0 aliphatic carbocycles. The lowest BCUT2D eigenvalue weighted by Gasteiger charge is -2.29. The number of likely N-dealkylation sites (tertiary alicyclic amines) is 1. The van der Waals surface area contributed by atoms with Crippen LogP contribution in [0.3, 0.4) is 0 Å². The Labute approximate surface area is 105 Å². The first-order chi connectivity index (χ1) is 7.79. The molecule has 0 saturated carbocycles. The quantitative estimate of drug-likeness (QED) is 0.798. The molecule has 2 rings (SSSR count). The smallest absolute Gasteiger partial charge is 0.217 e. The Balaban J connectivity index is 1.98. The fourth-order valence-electron chi connectivity index (χ4n) is 2.03. The summed E-state index contributed by atoms with van der Waals surface area (Å²) in [7, 11) is 1.68. The van der Waals surface area contributed by atoms with Gasteiger partial charge in [0.25, 0.3) is 0 Å². The van der Waals surface area contributed by atoms with Crippen LogP contribution < -0.4 is 4.74 Å². The molecule has 0 spiro atoms. The van der Waals surface area contributed by atoms with Gasteiger partial charge >= 0.3 is 0 Å². The molecule has 0 aromatic carbocycles. The van der Waals surface area contributed by atoms with Crippen molar-refractivity contribution in [2.24, 2.45) is 0 Å². The number of hydrogen-bond donors (Lipinski definition) is 0. The van der Waals surface area contributed by atoms with E-state index in [4.69, 9.17) is 4.74 Å². The van der Waals surface area contributed by atoms with Crippen LogP contribution in [0.1, 0.15) is 18.4 Å². The van der Waals surface area contributed by atoms with E-state index < -0.39 is 0 Å². The van der Waals surface area contributed by atoms with Crippen LogP contribution in [0, 0.1) is 0 Å². The maximum atomic E-state index is 5.26. The van der Waals surface area contributed by atoms with E-state index in [-0.39, 0.29) is 0 Å². The second-order valence-electron chi connectivity index (χ2n) is 4.12. The monoisotopic (exact) mass is 284 g/mol. The molecule has 0 amide bonds. The maximum Gasteiger partial charge on any atom is 0.217 e. The lowest BCUT2D eigenvalue weighted by atomic mass is 10.1. The van der Waals surface area contributed by atoms with E-state index in [1.165, 1.54) is 18.4 Å². The summed E-state index contributed by atoms with van der Waals surface area (Å²) in [5, 5.41) is 0. The molecule has 1 aliphatic rings. The van der Waals surface area contributed by atoms with Gasteiger partial charge in [0.15, 0.2) is 0 Å². The first-order valence-electron chi connectivity index (χ1n) is 5.64. The largest absolute Gasteiger partial charge is 0.481 e. The Morgan fingerprint density at radius 2 is 2.25 bits per heavy atom. The number of methoxy groups -OCH3 is 1. The van der Waals surface area contributed by atoms with Crippen molar-refractivity contribution in [3.63, 3.8) is 0 Å². The lowest BCUT2D eigenvalue weighted by molar-refractivity contribution is 0.222. The summed E-state index contributed by atoms with van der Waals surface area (Å²) < 4.78 is 5.26. The fraction of sp³-hybridized carbons (Fsp3) is 0.583. The van der Waals surface area contributed by atoms with Crippen LogP contribution in [-0.2, 0) is 6.54 Å². The van der Waals surface area contributed by atoms with E-state index in [0.717, 1.165) is 25.5 Å². The van der Waals surface area contributed by atoms with Gasteiger partial charge in [-0.3, -0.25) is 4.90 Å². The summed E-state index contributed by atoms with van der Waals surface area (Å²) in [5.41, 5.74) is 1.18. The number of ether oxygens (including phenoxy) is 1. The number of pyridine rings is 1. The SMILES string of the molecule is COc1ncccc1CN1CCC(Br)CC1. The minimum atomic E-state index is 0.694. The summed E-state index contributed by atoms with van der Waals surface area (Å²) in [6.45, 7) is 3.23. The molecule has 1 aromatic rings. The standard InChI is InChI=1S/C12H17BrN2O/c1-16-12-10(3-2-6-14-12)9-15-7-4-11(13)5-8-15/h2-3,6,11H,4-5,7-9H2,1H3. The number of hydrogen-bond acceptors (Lipinski definition) is 3. The van der Waals surface area contributed by atoms with Crippen LogP contribution >= 0.6 is 15.9 Å². The Morgan fingerprint density at radius 1 is 1.50 bits per heavy atom. The highest BCUT2D eigenvalue weighted by Gasteiger charge is 2.18. The van der Waals surface area contributed by atoms with Gasteiger partial charge in [0.05, 0.1) is 7.11 Å². The van der Waals surface area contributed by atoms with Crippen LogP contribution in [0.4, 0.5) is 0 Å². The molecule has 1 aromatic heterocycles. The van der Waals surface area contributed by atoms with E-state index in [1.54, 1.807) is 13.3 Å². The molecule has 0 N–H and O–H groups in total. The minimum Gasteiger partial charge on any atom is -0.481 e. The molecule has 3 nitrogen and oxygen atoms in total. The van der Waals surface area contributed by atoms with Crippen molar-refractivity contribution in [3.8, 4) is 5.88 Å². The van der Waals surface area contributed by atoms with E-state index in [2.05, 4.69) is 31.9 Å². The predicted octanol–water partition coefficient (Wildman–Crippen LogP) is 2.45. The molecule has 4 heteroatoms. The zero-order valence-corrected chi connectivity index (χ0v) is 11.1. The highest BCUT2D eigenvalue weighted by Crippen LogP contribution is 2.21. The van der Waals surface area contributed by atoms with Gasteiger partial charge in [0, 0.05) is 23.1 Å². The lowest BCUT2D eigenvalue weighted by Crippen LogP contribution is -2.33. The highest BCUT2D eigenvalue weighted by atomic mass is 79.9. The van der Waals surface area contributed by atoms with Gasteiger partial charge in [0.2, 0.25) is 5.88 Å². The molecular formula is C12H17BrN2O. The van der Waals surface area contributed by atoms with Crippen molar-refractivity contribution in [1.29, 1.82) is 0 Å². The zero-order valence-electron chi connectivity index (χ0n) is 9.53. The van der Waals surface area contributed by atoms with E-state index >= 15 is 0 Å². The first kappa shape index (κ1) is 11.9. The highest BCUT2D eigenvalue weighted by molar-refractivity contribution is 9.09. The summed E-state index contributed by atoms with van der Waals surface area (Å²) in [6, 6.07) is 4.06. The molecule has 88 valence electrons. The summed E-state index contributed by atoms with van der Waals surface area (Å²) in [5.74, 6) is 0.753. The van der Waals surface area contributed by atoms with Crippen LogP contribution in [0.5, 0.6) is 5.88 Å². The number of piperidine rings is 1. The van der Waals surface area contributed by atoms with Crippen molar-refractivity contribution in [2.75, 3.05) is 20.2 Å². The minimum absolute atomic E-state index is 0.694. The van der Waals surface area contributed by atoms with E-state index in [9.17, 15) is 0 Å². The third kappa shape index (κ3) is 2.95. The molecule has 16 heavy (non-hydrogen) atoms. The fourth-order valence-corrected chi connectivity index (χ4v) is 2.44. The molecule has 0 atom stereocenters. The summed E-state index contributed by atoms with van der Waals surface area (Å²) in [6.07, 6.45) is 4.22. The Kier molecular flexibility index (Phi) is 4.18. The molecule has 0 unspecified atom stereocenters. The van der Waals surface area contributed by atoms with E-state index in [0.29, 0.717) is 4.83 Å². The van der Waals surface area contributed by atoms with Gasteiger partial charge < -0.3 is 4.74 Å². The Hall–Kier alpha value is -0.610. The molecule has 1 saturated heterocycles. The average Bonchev–Trinajstić information content (AvgIpc) is 2.33. The van der Waals surface area contributed by atoms with Gasteiger partial charge in [-0.05, 0) is 32.0 Å². The van der Waals surface area contributed by atoms with Crippen molar-refractivity contribution >= 4 is 15.9 Å². The number of nitrogens with zero attached hydrogens (tertiary/aromatic N) is 2. The first-order valence-corrected chi connectivity index (χ1v) is 6.55. The van der Waals surface area contributed by atoms with Gasteiger partial charge in [-0.2, -0.15) is 0 Å². The number of halogens is 1. The normalized spacial score (nSPS) is 18.6. The van der Waals surface area contributed by atoms with Gasteiger partial charge in [-0.25, -0.2) is 4.98 Å². The van der Waals surface area contributed by atoms with Crippen molar-refractivity contribution in [1.82, 2.24) is 9.88 Å². The van der Waals surface area contributed by atoms with Crippen LogP contribution in [0.2, 0.25) is 0 Å². The van der Waals surface area contributed by atoms with Gasteiger partial charge in [-0.1, -0.05) is 22.0 Å². The average molecular weight is 285 g/mol. The van der Waals surface area contributed by atoms with Crippen molar-refractivity contribution in [3.05, 3.63) is 23.9 Å². The zero-order chi connectivity index (χ0) is 11.4. The molecular weight excluding hydrogens is 268 g/mol. The summed E-state index contributed by atoms with van der Waals surface area (Å²) in [4.78, 5) is 7.37. The molecule has 2 heterocycles. The maximum absolute atomic E-state index is 5.26. The van der Waals surface area contributed by atoms with Crippen LogP contribution in [-0.4, -0.2) is 34.9 Å². The van der Waals surface area contributed by atoms with Crippen molar-refractivity contribution in [2.45, 2.75) is 24.2 Å². The van der Waals surface area contributed by atoms with Gasteiger partial charge in [0.1, 0.15) is 0 Å². The second kappa shape index (κ2) is 5.64. The molecule has 0 bridgehead atoms. The Morgan fingerprint density at radius 3 is 2.94 bits per heavy atom. The molecule has 0 radical (unpaired) electrons.